The van der Waals surface area contributed by atoms with Gasteiger partial charge in [0.25, 0.3) is 0 Å². The molecule has 4 aliphatic rings. The maximum atomic E-state index is 13.6. The van der Waals surface area contributed by atoms with Gasteiger partial charge in [0.2, 0.25) is 15.9 Å². The second-order valence-corrected chi connectivity index (χ2v) is 11.8. The number of ether oxygens (including phenoxy) is 1. The van der Waals surface area contributed by atoms with E-state index in [1.54, 1.807) is 13.1 Å². The van der Waals surface area contributed by atoms with Crippen molar-refractivity contribution in [2.45, 2.75) is 54.5 Å². The van der Waals surface area contributed by atoms with Crippen LogP contribution in [0.5, 0.6) is 5.75 Å². The molecule has 3 aliphatic carbocycles. The number of halogens is 1. The lowest BCUT2D eigenvalue weighted by atomic mass is 9.49. The third-order valence-corrected chi connectivity index (χ3v) is 9.54. The van der Waals surface area contributed by atoms with E-state index in [1.165, 1.54) is 22.1 Å². The SMILES string of the molecule is CSc1cc2c(cc1O/C=C(\F)C(=O)O)S(=O)(=O)N(C)[C@H](C(C)C)CN2C12CC(C1)C2. The first-order chi connectivity index (χ1) is 14.5. The molecule has 1 atom stereocenters. The van der Waals surface area contributed by atoms with E-state index < -0.39 is 21.8 Å². The Balaban J connectivity index is 1.87. The second kappa shape index (κ2) is 7.67. The number of hydrogen-bond acceptors (Lipinski definition) is 6. The highest BCUT2D eigenvalue weighted by atomic mass is 32.2. The van der Waals surface area contributed by atoms with Gasteiger partial charge < -0.3 is 14.7 Å². The fraction of sp³-hybridized carbons (Fsp3) is 0.571. The number of thioether (sulfide) groups is 1. The van der Waals surface area contributed by atoms with E-state index in [0.29, 0.717) is 23.4 Å². The van der Waals surface area contributed by atoms with Crippen molar-refractivity contribution in [3.63, 3.8) is 0 Å². The summed E-state index contributed by atoms with van der Waals surface area (Å²) >= 11 is 1.34. The summed E-state index contributed by atoms with van der Waals surface area (Å²) in [7, 11) is -2.24. The van der Waals surface area contributed by atoms with E-state index in [-0.39, 0.29) is 28.1 Å². The first-order valence-electron chi connectivity index (χ1n) is 10.2. The summed E-state index contributed by atoms with van der Waals surface area (Å²) in [6.45, 7) is 4.65. The van der Waals surface area contributed by atoms with Gasteiger partial charge in [-0.1, -0.05) is 13.8 Å². The Morgan fingerprint density at radius 3 is 2.48 bits per heavy atom. The van der Waals surface area contributed by atoms with E-state index in [0.717, 1.165) is 25.2 Å². The minimum Gasteiger partial charge on any atom is -0.476 e. The van der Waals surface area contributed by atoms with Gasteiger partial charge in [0.05, 0.1) is 10.6 Å². The largest absolute Gasteiger partial charge is 0.476 e. The number of carboxylic acid groups (broad SMARTS) is 1. The van der Waals surface area contributed by atoms with Crippen molar-refractivity contribution in [2.24, 2.45) is 11.8 Å². The Morgan fingerprint density at radius 1 is 1.35 bits per heavy atom. The lowest BCUT2D eigenvalue weighted by Crippen LogP contribution is -2.70. The summed E-state index contributed by atoms with van der Waals surface area (Å²) in [5.74, 6) is -2.25. The zero-order valence-corrected chi connectivity index (χ0v) is 19.6. The van der Waals surface area contributed by atoms with Crippen LogP contribution in [0.1, 0.15) is 33.1 Å². The van der Waals surface area contributed by atoms with E-state index in [2.05, 4.69) is 4.90 Å². The normalized spacial score (nSPS) is 29.6. The van der Waals surface area contributed by atoms with E-state index in [4.69, 9.17) is 9.84 Å². The average molecular weight is 471 g/mol. The minimum absolute atomic E-state index is 0.000622. The first kappa shape index (κ1) is 22.4. The standard InChI is InChI=1S/C21H27FN2O5S2/c1-12(2)16-10-24(21-7-13(8-21)9-21)15-5-18(30-4)17(29-11-14(22)20(25)26)6-19(15)31(27,28)23(16)3/h5-6,11-13,16H,7-10H2,1-4H3,(H,25,26)/b14-11-/t13?,16-,21?/m0/s1. The third-order valence-electron chi connectivity index (χ3n) is 6.87. The van der Waals surface area contributed by atoms with Gasteiger partial charge in [0.1, 0.15) is 16.9 Å². The van der Waals surface area contributed by atoms with Gasteiger partial charge in [0, 0.05) is 31.2 Å². The number of carbonyl (C=O) groups is 1. The monoisotopic (exact) mass is 470 g/mol. The molecule has 0 radical (unpaired) electrons. The molecule has 3 fully saturated rings. The summed E-state index contributed by atoms with van der Waals surface area (Å²) in [5.41, 5.74) is 0.646. The van der Waals surface area contributed by atoms with Crippen LogP contribution in [0.4, 0.5) is 10.1 Å². The Kier molecular flexibility index (Phi) is 5.54. The zero-order chi connectivity index (χ0) is 22.7. The smallest absolute Gasteiger partial charge is 0.368 e. The van der Waals surface area contributed by atoms with Crippen LogP contribution in [-0.4, -0.2) is 55.2 Å². The van der Waals surface area contributed by atoms with Crippen molar-refractivity contribution in [1.82, 2.24) is 4.31 Å². The quantitative estimate of drug-likeness (QED) is 0.385. The predicted octanol–water partition coefficient (Wildman–Crippen LogP) is 3.70. The molecule has 0 unspecified atom stereocenters. The Morgan fingerprint density at radius 2 is 2.00 bits per heavy atom. The van der Waals surface area contributed by atoms with Gasteiger partial charge >= 0.3 is 5.97 Å². The summed E-state index contributed by atoms with van der Waals surface area (Å²) in [4.78, 5) is 13.8. The zero-order valence-electron chi connectivity index (χ0n) is 18.0. The molecule has 1 aliphatic heterocycles. The van der Waals surface area contributed by atoms with Crippen LogP contribution in [0.25, 0.3) is 0 Å². The number of carboxylic acids is 1. The molecule has 1 aromatic rings. The van der Waals surface area contributed by atoms with Gasteiger partial charge in [0.15, 0.2) is 0 Å². The summed E-state index contributed by atoms with van der Waals surface area (Å²) < 4.78 is 47.4. The summed E-state index contributed by atoms with van der Waals surface area (Å²) in [6.07, 6.45) is 5.51. The maximum absolute atomic E-state index is 13.6. The van der Waals surface area contributed by atoms with Crippen LogP contribution in [0.15, 0.2) is 34.0 Å². The molecular weight excluding hydrogens is 443 g/mol. The summed E-state index contributed by atoms with van der Waals surface area (Å²) in [5, 5.41) is 8.74. The highest BCUT2D eigenvalue weighted by molar-refractivity contribution is 7.98. The molecule has 0 amide bonds. The fourth-order valence-electron chi connectivity index (χ4n) is 4.94. The molecule has 3 saturated carbocycles. The number of aliphatic carboxylic acids is 1. The highest BCUT2D eigenvalue weighted by Crippen LogP contribution is 2.62. The molecule has 0 aromatic heterocycles. The van der Waals surface area contributed by atoms with Crippen LogP contribution in [-0.2, 0) is 14.8 Å². The van der Waals surface area contributed by atoms with Crippen LogP contribution in [0, 0.1) is 11.8 Å². The van der Waals surface area contributed by atoms with Crippen LogP contribution in [0.3, 0.4) is 0 Å². The molecule has 170 valence electrons. The topological polar surface area (TPSA) is 87.1 Å². The maximum Gasteiger partial charge on any atom is 0.368 e. The lowest BCUT2D eigenvalue weighted by Gasteiger charge is -2.67. The number of fused-ring (bicyclic) bond motifs is 1. The van der Waals surface area contributed by atoms with Gasteiger partial charge in [-0.15, -0.1) is 11.8 Å². The average Bonchev–Trinajstić information content (AvgIpc) is 2.71. The van der Waals surface area contributed by atoms with Gasteiger partial charge in [-0.3, -0.25) is 0 Å². The van der Waals surface area contributed by atoms with Crippen molar-refractivity contribution in [2.75, 3.05) is 24.7 Å². The molecule has 5 rings (SSSR count). The van der Waals surface area contributed by atoms with Crippen LogP contribution in [0.2, 0.25) is 0 Å². The first-order valence-corrected chi connectivity index (χ1v) is 12.9. The highest BCUT2D eigenvalue weighted by Gasteiger charge is 2.61. The molecule has 2 bridgehead atoms. The van der Waals surface area contributed by atoms with Crippen molar-refractivity contribution in [3.8, 4) is 5.75 Å². The predicted molar refractivity (Wildman–Crippen MR) is 117 cm³/mol. The van der Waals surface area contributed by atoms with Crippen molar-refractivity contribution in [1.29, 1.82) is 0 Å². The third kappa shape index (κ3) is 3.52. The lowest BCUT2D eigenvalue weighted by molar-refractivity contribution is -0.134. The molecular formula is C21H27FN2O5S2. The minimum atomic E-state index is -3.84. The molecule has 1 aromatic carbocycles. The van der Waals surface area contributed by atoms with Crippen molar-refractivity contribution in [3.05, 3.63) is 24.2 Å². The number of rotatable bonds is 6. The Labute approximate surface area is 186 Å². The molecule has 10 heteroatoms. The van der Waals surface area contributed by atoms with Crippen molar-refractivity contribution < 1.29 is 27.4 Å². The second-order valence-electron chi connectivity index (χ2n) is 9.01. The Bertz CT molecular complexity index is 1040. The molecule has 7 nitrogen and oxygen atoms in total. The number of sulfonamides is 1. The molecule has 0 saturated heterocycles. The number of benzene rings is 1. The Hall–Kier alpha value is -1.78. The number of nitrogens with zero attached hydrogens (tertiary/aromatic N) is 2. The van der Waals surface area contributed by atoms with Crippen molar-refractivity contribution >= 4 is 33.4 Å². The van der Waals surface area contributed by atoms with Gasteiger partial charge in [-0.25, -0.2) is 13.2 Å². The molecule has 1 heterocycles. The van der Waals surface area contributed by atoms with Gasteiger partial charge in [-0.05, 0) is 43.4 Å². The molecule has 31 heavy (non-hydrogen) atoms. The fourth-order valence-corrected chi connectivity index (χ4v) is 7.15. The van der Waals surface area contributed by atoms with Crippen LogP contribution < -0.4 is 9.64 Å². The number of anilines is 1. The van der Waals surface area contributed by atoms with Crippen LogP contribution >= 0.6 is 11.8 Å². The molecule has 1 N–H and O–H groups in total. The number of hydrogen-bond donors (Lipinski definition) is 1. The van der Waals surface area contributed by atoms with E-state index in [9.17, 15) is 17.6 Å². The van der Waals surface area contributed by atoms with Gasteiger partial charge in [-0.2, -0.15) is 8.70 Å². The van der Waals surface area contributed by atoms with E-state index >= 15 is 0 Å². The number of likely N-dealkylation sites (N-methyl/N-ethyl adjacent to an activating group) is 1. The summed E-state index contributed by atoms with van der Waals surface area (Å²) in [6, 6.07) is 2.99. The van der Waals surface area contributed by atoms with E-state index in [1.807, 2.05) is 20.1 Å². The molecule has 0 spiro atoms.